The number of nitro groups is 1. The van der Waals surface area contributed by atoms with Crippen LogP contribution in [0.3, 0.4) is 0 Å². The summed E-state index contributed by atoms with van der Waals surface area (Å²) >= 11 is 12.1. The van der Waals surface area contributed by atoms with Crippen LogP contribution in [0.1, 0.15) is 16.7 Å². The molecule has 30 heavy (non-hydrogen) atoms. The number of nitrogens with zero attached hydrogens (tertiary/aromatic N) is 2. The van der Waals surface area contributed by atoms with Crippen molar-refractivity contribution in [3.8, 4) is 11.8 Å². The molecule has 5 nitrogen and oxygen atoms in total. The summed E-state index contributed by atoms with van der Waals surface area (Å²) in [6.07, 6.45) is 1.67. The lowest BCUT2D eigenvalue weighted by Gasteiger charge is -2.11. The van der Waals surface area contributed by atoms with Crippen molar-refractivity contribution in [2.75, 3.05) is 0 Å². The minimum Gasteiger partial charge on any atom is -0.486 e. The predicted molar refractivity (Wildman–Crippen MR) is 129 cm³/mol. The van der Waals surface area contributed by atoms with E-state index in [9.17, 15) is 15.4 Å². The van der Waals surface area contributed by atoms with Crippen LogP contribution in [-0.4, -0.2) is 4.92 Å². The maximum atomic E-state index is 10.8. The van der Waals surface area contributed by atoms with Crippen molar-refractivity contribution in [2.24, 2.45) is 0 Å². The van der Waals surface area contributed by atoms with Gasteiger partial charge in [-0.25, -0.2) is 0 Å². The van der Waals surface area contributed by atoms with Crippen LogP contribution in [0.5, 0.6) is 5.75 Å². The fraction of sp³-hybridized carbons (Fsp3) is 0.0455. The second-order valence-corrected chi connectivity index (χ2v) is 8.71. The number of ether oxygens (including phenoxy) is 1. The molecule has 8 heteroatoms. The molecule has 0 aromatic heterocycles. The van der Waals surface area contributed by atoms with Crippen LogP contribution in [0.4, 0.5) is 5.69 Å². The molecule has 150 valence electrons. The summed E-state index contributed by atoms with van der Waals surface area (Å²) in [6.45, 7) is 0.372. The summed E-state index contributed by atoms with van der Waals surface area (Å²) in [5.41, 5.74) is 2.63. The maximum Gasteiger partial charge on any atom is 0.269 e. The van der Waals surface area contributed by atoms with Crippen molar-refractivity contribution in [3.63, 3.8) is 0 Å². The van der Waals surface area contributed by atoms with E-state index in [1.807, 2.05) is 24.3 Å². The number of nitriles is 1. The second-order valence-electron chi connectivity index (χ2n) is 6.20. The Morgan fingerprint density at radius 2 is 1.87 bits per heavy atom. The lowest BCUT2D eigenvalue weighted by Crippen LogP contribution is -1.97. The van der Waals surface area contributed by atoms with Crippen molar-refractivity contribution in [1.29, 1.82) is 5.26 Å². The van der Waals surface area contributed by atoms with Gasteiger partial charge in [0.1, 0.15) is 6.61 Å². The smallest absolute Gasteiger partial charge is 0.269 e. The minimum atomic E-state index is -0.481. The average Bonchev–Trinajstić information content (AvgIpc) is 2.73. The molecule has 0 N–H and O–H groups in total. The van der Waals surface area contributed by atoms with Crippen LogP contribution >= 0.6 is 50.1 Å². The van der Waals surface area contributed by atoms with E-state index >= 15 is 0 Å². The summed E-state index contributed by atoms with van der Waals surface area (Å²) < 4.78 is 7.68. The van der Waals surface area contributed by atoms with E-state index in [1.54, 1.807) is 30.3 Å². The standard InChI is InChI=1S/C22H13BrClIN2O3/c23-20-10-15(9-17(12-26)16-3-7-19(8-4-16)27(28)29)11-21(24)22(20)30-13-14-1-5-18(25)6-2-14/h1-11H,13H2/b17-9-. The fourth-order valence-electron chi connectivity index (χ4n) is 2.65. The van der Waals surface area contributed by atoms with Crippen molar-refractivity contribution >= 4 is 67.5 Å². The van der Waals surface area contributed by atoms with Crippen molar-refractivity contribution in [1.82, 2.24) is 0 Å². The van der Waals surface area contributed by atoms with E-state index < -0.39 is 4.92 Å². The number of halogens is 3. The zero-order valence-electron chi connectivity index (χ0n) is 15.3. The van der Waals surface area contributed by atoms with Gasteiger partial charge in [0, 0.05) is 15.7 Å². The summed E-state index contributed by atoms with van der Waals surface area (Å²) in [6, 6.07) is 19.4. The lowest BCUT2D eigenvalue weighted by atomic mass is 10.0. The molecule has 0 unspecified atom stereocenters. The first-order valence-electron chi connectivity index (χ1n) is 8.60. The summed E-state index contributed by atoms with van der Waals surface area (Å²) in [7, 11) is 0. The third-order valence-corrected chi connectivity index (χ3v) is 5.73. The zero-order valence-corrected chi connectivity index (χ0v) is 19.8. The molecule has 0 aliphatic heterocycles. The highest BCUT2D eigenvalue weighted by molar-refractivity contribution is 14.1. The quantitative estimate of drug-likeness (QED) is 0.0989. The van der Waals surface area contributed by atoms with Gasteiger partial charge in [-0.2, -0.15) is 5.26 Å². The van der Waals surface area contributed by atoms with Gasteiger partial charge >= 0.3 is 0 Å². The number of hydrogen-bond acceptors (Lipinski definition) is 4. The third-order valence-electron chi connectivity index (χ3n) is 4.14. The largest absolute Gasteiger partial charge is 0.486 e. The van der Waals surface area contributed by atoms with Crippen LogP contribution in [0, 0.1) is 25.0 Å². The van der Waals surface area contributed by atoms with E-state index in [0.717, 1.165) is 9.13 Å². The van der Waals surface area contributed by atoms with Crippen LogP contribution in [0.25, 0.3) is 11.6 Å². The Hall–Kier alpha value is -2.41. The normalized spacial score (nSPS) is 11.1. The number of nitro benzene ring substituents is 1. The molecule has 0 saturated heterocycles. The molecule has 3 aromatic carbocycles. The average molecular weight is 596 g/mol. The SMILES string of the molecule is N#C/C(=C/c1cc(Cl)c(OCc2ccc(I)cc2)c(Br)c1)c1ccc([N+](=O)[O-])cc1. The molecular weight excluding hydrogens is 583 g/mol. The van der Waals surface area contributed by atoms with Gasteiger partial charge < -0.3 is 4.74 Å². The van der Waals surface area contributed by atoms with Gasteiger partial charge in [-0.15, -0.1) is 0 Å². The Labute approximate surface area is 200 Å². The van der Waals surface area contributed by atoms with E-state index in [1.165, 1.54) is 12.1 Å². The van der Waals surface area contributed by atoms with Crippen molar-refractivity contribution < 1.29 is 9.66 Å². The maximum absolute atomic E-state index is 10.8. The molecule has 0 spiro atoms. The van der Waals surface area contributed by atoms with Crippen LogP contribution in [-0.2, 0) is 6.61 Å². The molecule has 0 fully saturated rings. The van der Waals surface area contributed by atoms with Crippen LogP contribution < -0.4 is 4.74 Å². The molecule has 0 atom stereocenters. The van der Waals surface area contributed by atoms with E-state index in [0.29, 0.717) is 38.6 Å². The Balaban J connectivity index is 1.83. The zero-order chi connectivity index (χ0) is 21.7. The summed E-state index contributed by atoms with van der Waals surface area (Å²) in [5, 5.41) is 20.7. The first-order chi connectivity index (χ1) is 14.4. The van der Waals surface area contributed by atoms with Crippen LogP contribution in [0.2, 0.25) is 5.02 Å². The first kappa shape index (κ1) is 22.3. The number of allylic oxidation sites excluding steroid dienone is 1. The number of hydrogen-bond donors (Lipinski definition) is 0. The summed E-state index contributed by atoms with van der Waals surface area (Å²) in [4.78, 5) is 10.3. The lowest BCUT2D eigenvalue weighted by molar-refractivity contribution is -0.384. The molecule has 0 saturated carbocycles. The van der Waals surface area contributed by atoms with E-state index in [2.05, 4.69) is 44.6 Å². The van der Waals surface area contributed by atoms with Gasteiger partial charge in [-0.3, -0.25) is 10.1 Å². The van der Waals surface area contributed by atoms with Gasteiger partial charge in [-0.1, -0.05) is 23.7 Å². The Bertz CT molecular complexity index is 1130. The molecule has 0 heterocycles. The van der Waals surface area contributed by atoms with E-state index in [4.69, 9.17) is 16.3 Å². The Morgan fingerprint density at radius 1 is 1.20 bits per heavy atom. The third kappa shape index (κ3) is 5.59. The topological polar surface area (TPSA) is 76.2 Å². The molecule has 3 aromatic rings. The van der Waals surface area contributed by atoms with Crippen LogP contribution in [0.15, 0.2) is 65.1 Å². The Kier molecular flexibility index (Phi) is 7.48. The monoisotopic (exact) mass is 594 g/mol. The van der Waals surface area contributed by atoms with Crippen molar-refractivity contribution in [3.05, 3.63) is 101 Å². The number of non-ortho nitro benzene ring substituents is 1. The molecule has 0 aliphatic carbocycles. The van der Waals surface area contributed by atoms with Gasteiger partial charge in [0.05, 0.1) is 26.1 Å². The minimum absolute atomic E-state index is 0.0311. The van der Waals surface area contributed by atoms with Gasteiger partial charge in [0.2, 0.25) is 0 Å². The second kappa shape index (κ2) is 10.1. The fourth-order valence-corrected chi connectivity index (χ4v) is 3.99. The molecule has 0 radical (unpaired) electrons. The van der Waals surface area contributed by atoms with E-state index in [-0.39, 0.29) is 5.69 Å². The highest BCUT2D eigenvalue weighted by atomic mass is 127. The van der Waals surface area contributed by atoms with Gasteiger partial charge in [0.15, 0.2) is 5.75 Å². The Morgan fingerprint density at radius 3 is 2.43 bits per heavy atom. The number of rotatable bonds is 6. The predicted octanol–water partition coefficient (Wildman–Crippen LogP) is 7.26. The first-order valence-corrected chi connectivity index (χ1v) is 10.9. The molecule has 3 rings (SSSR count). The highest BCUT2D eigenvalue weighted by Gasteiger charge is 2.11. The summed E-state index contributed by atoms with van der Waals surface area (Å²) in [5.74, 6) is 0.515. The van der Waals surface area contributed by atoms with Gasteiger partial charge in [-0.05, 0) is 97.7 Å². The molecule has 0 bridgehead atoms. The molecular formula is C22H13BrClIN2O3. The number of benzene rings is 3. The van der Waals surface area contributed by atoms with Crippen molar-refractivity contribution in [2.45, 2.75) is 6.61 Å². The van der Waals surface area contributed by atoms with Gasteiger partial charge in [0.25, 0.3) is 5.69 Å². The molecule has 0 aliphatic rings. The highest BCUT2D eigenvalue weighted by Crippen LogP contribution is 2.36. The molecule has 0 amide bonds.